The monoisotopic (exact) mass is 236 g/mol. The van der Waals surface area contributed by atoms with Crippen LogP contribution in [-0.4, -0.2) is 30.1 Å². The van der Waals surface area contributed by atoms with E-state index < -0.39 is 0 Å². The summed E-state index contributed by atoms with van der Waals surface area (Å²) < 4.78 is 0. The lowest BCUT2D eigenvalue weighted by atomic mass is 9.72. The number of nitrogens with two attached hydrogens (primary N) is 1. The Morgan fingerprint density at radius 3 is 2.00 bits per heavy atom. The van der Waals surface area contributed by atoms with Gasteiger partial charge in [0.05, 0.1) is 0 Å². The molecule has 2 aliphatic carbocycles. The van der Waals surface area contributed by atoms with E-state index in [1.54, 1.807) is 0 Å². The van der Waals surface area contributed by atoms with Gasteiger partial charge in [0.1, 0.15) is 0 Å². The quantitative estimate of drug-likeness (QED) is 0.758. The average molecular weight is 236 g/mol. The Labute approximate surface area is 106 Å². The molecule has 0 bridgehead atoms. The molecule has 0 aromatic rings. The highest BCUT2D eigenvalue weighted by atomic mass is 15.2. The van der Waals surface area contributed by atoms with Crippen molar-refractivity contribution in [2.24, 2.45) is 11.1 Å². The predicted molar refractivity (Wildman–Crippen MR) is 71.9 cm³/mol. The predicted octanol–water partition coefficient (Wildman–Crippen LogP) is 2.91. The van der Waals surface area contributed by atoms with E-state index in [4.69, 9.17) is 5.73 Å². The van der Waals surface area contributed by atoms with Crippen LogP contribution in [-0.2, 0) is 0 Å². The molecule has 2 N–H and O–H groups in total. The average Bonchev–Trinajstić information content (AvgIpc) is 2.54. The summed E-state index contributed by atoms with van der Waals surface area (Å²) in [5, 5.41) is 0. The van der Waals surface area contributed by atoms with Crippen LogP contribution < -0.4 is 5.73 Å². The standard InChI is InChI=1S/C15H28N2/c16-13-5-7-14(8-6-13)17-11-15(12-17)9-3-1-2-4-10-15/h13-14H,1-12,16H2. The van der Waals surface area contributed by atoms with Crippen molar-refractivity contribution < 1.29 is 0 Å². The molecule has 3 fully saturated rings. The van der Waals surface area contributed by atoms with Crippen LogP contribution in [0.25, 0.3) is 0 Å². The molecule has 3 rings (SSSR count). The fraction of sp³-hybridized carbons (Fsp3) is 1.00. The summed E-state index contributed by atoms with van der Waals surface area (Å²) in [7, 11) is 0. The third-order valence-corrected chi connectivity index (χ3v) is 5.50. The van der Waals surface area contributed by atoms with Crippen molar-refractivity contribution in [1.82, 2.24) is 4.90 Å². The molecule has 3 aliphatic rings. The van der Waals surface area contributed by atoms with Crippen LogP contribution in [0.15, 0.2) is 0 Å². The van der Waals surface area contributed by atoms with E-state index >= 15 is 0 Å². The third kappa shape index (κ3) is 2.53. The fourth-order valence-corrected chi connectivity index (χ4v) is 4.34. The Morgan fingerprint density at radius 2 is 1.41 bits per heavy atom. The van der Waals surface area contributed by atoms with Crippen LogP contribution in [0, 0.1) is 5.41 Å². The maximum absolute atomic E-state index is 6.00. The first-order chi connectivity index (χ1) is 8.27. The van der Waals surface area contributed by atoms with Crippen molar-refractivity contribution >= 4 is 0 Å². The van der Waals surface area contributed by atoms with Crippen LogP contribution in [0.1, 0.15) is 64.2 Å². The lowest BCUT2D eigenvalue weighted by Crippen LogP contribution is -2.60. The molecular weight excluding hydrogens is 208 g/mol. The van der Waals surface area contributed by atoms with Gasteiger partial charge in [-0.15, -0.1) is 0 Å². The van der Waals surface area contributed by atoms with Crippen LogP contribution in [0.2, 0.25) is 0 Å². The van der Waals surface area contributed by atoms with Gasteiger partial charge >= 0.3 is 0 Å². The maximum Gasteiger partial charge on any atom is 0.00968 e. The van der Waals surface area contributed by atoms with Crippen molar-refractivity contribution in [1.29, 1.82) is 0 Å². The second kappa shape index (κ2) is 4.89. The van der Waals surface area contributed by atoms with Gasteiger partial charge in [-0.1, -0.05) is 25.7 Å². The summed E-state index contributed by atoms with van der Waals surface area (Å²) in [5.41, 5.74) is 6.74. The summed E-state index contributed by atoms with van der Waals surface area (Å²) in [6.45, 7) is 2.82. The van der Waals surface area contributed by atoms with Crippen LogP contribution in [0.5, 0.6) is 0 Å². The molecule has 98 valence electrons. The molecule has 0 amide bonds. The molecule has 0 aromatic heterocycles. The Bertz CT molecular complexity index is 240. The molecule has 0 radical (unpaired) electrons. The first-order valence-corrected chi connectivity index (χ1v) is 7.77. The Hall–Kier alpha value is -0.0800. The van der Waals surface area contributed by atoms with Crippen molar-refractivity contribution in [2.75, 3.05) is 13.1 Å². The van der Waals surface area contributed by atoms with Gasteiger partial charge in [-0.3, -0.25) is 4.90 Å². The van der Waals surface area contributed by atoms with E-state index in [2.05, 4.69) is 4.90 Å². The van der Waals surface area contributed by atoms with Gasteiger partial charge in [-0.25, -0.2) is 0 Å². The van der Waals surface area contributed by atoms with Gasteiger partial charge in [0.15, 0.2) is 0 Å². The summed E-state index contributed by atoms with van der Waals surface area (Å²) >= 11 is 0. The van der Waals surface area contributed by atoms with Gasteiger partial charge in [-0.05, 0) is 43.9 Å². The molecule has 1 aliphatic heterocycles. The number of nitrogens with zero attached hydrogens (tertiary/aromatic N) is 1. The van der Waals surface area contributed by atoms with E-state index in [9.17, 15) is 0 Å². The third-order valence-electron chi connectivity index (χ3n) is 5.50. The molecule has 1 heterocycles. The molecule has 2 saturated carbocycles. The summed E-state index contributed by atoms with van der Waals surface area (Å²) in [4.78, 5) is 2.78. The number of hydrogen-bond acceptors (Lipinski definition) is 2. The Balaban J connectivity index is 1.49. The molecule has 0 atom stereocenters. The minimum absolute atomic E-state index is 0.499. The highest BCUT2D eigenvalue weighted by Gasteiger charge is 2.45. The smallest absolute Gasteiger partial charge is 0.00968 e. The van der Waals surface area contributed by atoms with Gasteiger partial charge < -0.3 is 5.73 Å². The van der Waals surface area contributed by atoms with Gasteiger partial charge in [0.2, 0.25) is 0 Å². The van der Waals surface area contributed by atoms with Gasteiger partial charge in [0, 0.05) is 25.2 Å². The topological polar surface area (TPSA) is 29.3 Å². The van der Waals surface area contributed by atoms with E-state index in [-0.39, 0.29) is 0 Å². The van der Waals surface area contributed by atoms with Gasteiger partial charge in [0.25, 0.3) is 0 Å². The molecule has 2 nitrogen and oxygen atoms in total. The van der Waals surface area contributed by atoms with E-state index in [1.807, 2.05) is 0 Å². The molecule has 17 heavy (non-hydrogen) atoms. The lowest BCUT2D eigenvalue weighted by molar-refractivity contribution is -0.0514. The summed E-state index contributed by atoms with van der Waals surface area (Å²) in [6.07, 6.45) is 14.2. The van der Waals surface area contributed by atoms with E-state index in [0.717, 1.165) is 11.5 Å². The van der Waals surface area contributed by atoms with Crippen LogP contribution >= 0.6 is 0 Å². The SMILES string of the molecule is NC1CCC(N2CC3(CCCCCC3)C2)CC1. The van der Waals surface area contributed by atoms with E-state index in [0.29, 0.717) is 6.04 Å². The Morgan fingerprint density at radius 1 is 0.824 bits per heavy atom. The second-order valence-corrected chi connectivity index (χ2v) is 6.89. The first kappa shape index (κ1) is 12.0. The molecule has 2 heteroatoms. The van der Waals surface area contributed by atoms with E-state index in [1.165, 1.54) is 77.3 Å². The van der Waals surface area contributed by atoms with Crippen molar-refractivity contribution in [3.05, 3.63) is 0 Å². The number of hydrogen-bond donors (Lipinski definition) is 1. The van der Waals surface area contributed by atoms with Crippen molar-refractivity contribution in [3.63, 3.8) is 0 Å². The zero-order valence-electron chi connectivity index (χ0n) is 11.2. The zero-order chi connectivity index (χ0) is 11.7. The minimum atomic E-state index is 0.499. The minimum Gasteiger partial charge on any atom is -0.328 e. The Kier molecular flexibility index (Phi) is 3.45. The molecule has 0 aromatic carbocycles. The highest BCUT2D eigenvalue weighted by Crippen LogP contribution is 2.44. The zero-order valence-corrected chi connectivity index (χ0v) is 11.2. The largest absolute Gasteiger partial charge is 0.328 e. The molecular formula is C15H28N2. The highest BCUT2D eigenvalue weighted by molar-refractivity contribution is 4.99. The first-order valence-electron chi connectivity index (χ1n) is 7.77. The van der Waals surface area contributed by atoms with Crippen molar-refractivity contribution in [3.8, 4) is 0 Å². The number of likely N-dealkylation sites (tertiary alicyclic amines) is 1. The molecule has 1 saturated heterocycles. The number of rotatable bonds is 1. The molecule has 1 spiro atoms. The van der Waals surface area contributed by atoms with Crippen LogP contribution in [0.4, 0.5) is 0 Å². The van der Waals surface area contributed by atoms with Crippen molar-refractivity contribution in [2.45, 2.75) is 76.3 Å². The van der Waals surface area contributed by atoms with Gasteiger partial charge in [-0.2, -0.15) is 0 Å². The lowest BCUT2D eigenvalue weighted by Gasteiger charge is -2.54. The maximum atomic E-state index is 6.00. The fourth-order valence-electron chi connectivity index (χ4n) is 4.34. The normalized spacial score (nSPS) is 38.6. The summed E-state index contributed by atoms with van der Waals surface area (Å²) in [6, 6.07) is 1.38. The molecule has 0 unspecified atom stereocenters. The second-order valence-electron chi connectivity index (χ2n) is 6.89. The summed E-state index contributed by atoms with van der Waals surface area (Å²) in [5.74, 6) is 0. The van der Waals surface area contributed by atoms with Crippen LogP contribution in [0.3, 0.4) is 0 Å².